The van der Waals surface area contributed by atoms with Crippen LogP contribution in [0.5, 0.6) is 0 Å². The Morgan fingerprint density at radius 3 is 2.71 bits per heavy atom. The molecule has 2 aromatic rings. The van der Waals surface area contributed by atoms with E-state index in [9.17, 15) is 4.79 Å². The highest BCUT2D eigenvalue weighted by molar-refractivity contribution is 5.68. The number of hydrogen-bond acceptors (Lipinski definition) is 7. The van der Waals surface area contributed by atoms with Crippen molar-refractivity contribution in [3.05, 3.63) is 24.4 Å². The van der Waals surface area contributed by atoms with Crippen LogP contribution in [0.3, 0.4) is 0 Å². The highest BCUT2D eigenvalue weighted by Gasteiger charge is 2.35. The topological polar surface area (TPSA) is 94.2 Å². The molecule has 0 N–H and O–H groups in total. The van der Waals surface area contributed by atoms with Crippen molar-refractivity contribution < 1.29 is 14.1 Å². The first-order valence-corrected chi connectivity index (χ1v) is 8.05. The summed E-state index contributed by atoms with van der Waals surface area (Å²) in [5, 5.41) is 3.94. The Hall–Kier alpha value is -2.51. The number of carbonyl (C=O) groups is 1. The van der Waals surface area contributed by atoms with Gasteiger partial charge in [-0.3, -0.25) is 4.90 Å². The first kappa shape index (κ1) is 16.4. The van der Waals surface area contributed by atoms with E-state index < -0.39 is 5.60 Å². The van der Waals surface area contributed by atoms with E-state index in [1.165, 1.54) is 0 Å². The third-order valence-corrected chi connectivity index (χ3v) is 3.62. The standard InChI is InChI=1S/C16H21N5O3/c1-16(2,3)23-15(22)21-10-5-4-7-11(21)14-19-13(20-24-14)12-17-8-6-9-18-12/h6,8-9,11H,4-5,7,10H2,1-3H3/t11-/m1/s1. The third kappa shape index (κ3) is 3.69. The smallest absolute Gasteiger partial charge is 0.410 e. The molecule has 2 aromatic heterocycles. The number of aromatic nitrogens is 4. The van der Waals surface area contributed by atoms with Crippen molar-refractivity contribution in [3.63, 3.8) is 0 Å². The molecule has 1 saturated heterocycles. The SMILES string of the molecule is CC(C)(C)OC(=O)N1CCCC[C@@H]1c1nc(-c2ncccn2)no1. The van der Waals surface area contributed by atoms with Gasteiger partial charge in [0.05, 0.1) is 0 Å². The average molecular weight is 331 g/mol. The van der Waals surface area contributed by atoms with Crippen LogP contribution in [0.15, 0.2) is 23.0 Å². The Bertz CT molecular complexity index is 695. The number of ether oxygens (including phenoxy) is 1. The van der Waals surface area contributed by atoms with Gasteiger partial charge in [0.2, 0.25) is 17.5 Å². The second-order valence-corrected chi connectivity index (χ2v) is 6.71. The summed E-state index contributed by atoms with van der Waals surface area (Å²) in [7, 11) is 0. The van der Waals surface area contributed by atoms with Crippen LogP contribution in [0, 0.1) is 0 Å². The predicted octanol–water partition coefficient (Wildman–Crippen LogP) is 2.99. The number of amides is 1. The minimum atomic E-state index is -0.545. The molecule has 3 rings (SSSR count). The molecule has 0 aromatic carbocycles. The lowest BCUT2D eigenvalue weighted by atomic mass is 10.0. The molecule has 0 radical (unpaired) electrons. The molecule has 0 bridgehead atoms. The molecule has 3 heterocycles. The molecule has 8 nitrogen and oxygen atoms in total. The molecule has 0 saturated carbocycles. The molecule has 24 heavy (non-hydrogen) atoms. The summed E-state index contributed by atoms with van der Waals surface area (Å²) in [6.07, 6.45) is 5.55. The van der Waals surface area contributed by atoms with Crippen LogP contribution in [-0.4, -0.2) is 43.2 Å². The predicted molar refractivity (Wildman–Crippen MR) is 84.9 cm³/mol. The minimum absolute atomic E-state index is 0.279. The number of nitrogens with zero attached hydrogens (tertiary/aromatic N) is 5. The van der Waals surface area contributed by atoms with Gasteiger partial charge < -0.3 is 9.26 Å². The summed E-state index contributed by atoms with van der Waals surface area (Å²) >= 11 is 0. The molecular weight excluding hydrogens is 310 g/mol. The second-order valence-electron chi connectivity index (χ2n) is 6.71. The Morgan fingerprint density at radius 1 is 1.25 bits per heavy atom. The quantitative estimate of drug-likeness (QED) is 0.834. The van der Waals surface area contributed by atoms with E-state index in [2.05, 4.69) is 20.1 Å². The summed E-state index contributed by atoms with van der Waals surface area (Å²) < 4.78 is 10.9. The van der Waals surface area contributed by atoms with Crippen molar-refractivity contribution in [2.45, 2.75) is 51.7 Å². The monoisotopic (exact) mass is 331 g/mol. The zero-order valence-corrected chi connectivity index (χ0v) is 14.1. The van der Waals surface area contributed by atoms with Gasteiger partial charge in [-0.05, 0) is 46.1 Å². The normalized spacial score (nSPS) is 18.5. The summed E-state index contributed by atoms with van der Waals surface area (Å²) in [5.41, 5.74) is -0.545. The average Bonchev–Trinajstić information content (AvgIpc) is 3.04. The Labute approximate surface area is 140 Å². The van der Waals surface area contributed by atoms with Gasteiger partial charge >= 0.3 is 6.09 Å². The Kier molecular flexibility index (Phi) is 4.46. The van der Waals surface area contributed by atoms with E-state index in [-0.39, 0.29) is 12.1 Å². The molecule has 1 aliphatic rings. The third-order valence-electron chi connectivity index (χ3n) is 3.62. The molecular formula is C16H21N5O3. The lowest BCUT2D eigenvalue weighted by molar-refractivity contribution is 0.00538. The molecule has 1 atom stereocenters. The number of likely N-dealkylation sites (tertiary alicyclic amines) is 1. The largest absolute Gasteiger partial charge is 0.444 e. The van der Waals surface area contributed by atoms with Crippen LogP contribution < -0.4 is 0 Å². The zero-order valence-electron chi connectivity index (χ0n) is 14.1. The second kappa shape index (κ2) is 6.54. The van der Waals surface area contributed by atoms with E-state index in [4.69, 9.17) is 9.26 Å². The molecule has 1 fully saturated rings. The Morgan fingerprint density at radius 2 is 2.00 bits per heavy atom. The zero-order chi connectivity index (χ0) is 17.2. The molecule has 128 valence electrons. The van der Waals surface area contributed by atoms with E-state index in [1.54, 1.807) is 23.4 Å². The highest BCUT2D eigenvalue weighted by Crippen LogP contribution is 2.31. The first-order chi connectivity index (χ1) is 11.4. The van der Waals surface area contributed by atoms with Crippen molar-refractivity contribution in [2.24, 2.45) is 0 Å². The molecule has 0 spiro atoms. The maximum atomic E-state index is 12.5. The fourth-order valence-corrected chi connectivity index (χ4v) is 2.60. The van der Waals surface area contributed by atoms with E-state index >= 15 is 0 Å². The van der Waals surface area contributed by atoms with Crippen molar-refractivity contribution in [2.75, 3.05) is 6.54 Å². The summed E-state index contributed by atoms with van der Waals surface area (Å²) in [6.45, 7) is 6.16. The maximum absolute atomic E-state index is 12.5. The van der Waals surface area contributed by atoms with Crippen molar-refractivity contribution in [1.82, 2.24) is 25.0 Å². The van der Waals surface area contributed by atoms with E-state index in [1.807, 2.05) is 20.8 Å². The molecule has 8 heteroatoms. The molecule has 0 unspecified atom stereocenters. The van der Waals surface area contributed by atoms with Gasteiger partial charge in [-0.1, -0.05) is 5.16 Å². The van der Waals surface area contributed by atoms with Gasteiger partial charge in [0, 0.05) is 18.9 Å². The molecule has 1 aliphatic heterocycles. The lowest BCUT2D eigenvalue weighted by Gasteiger charge is -2.34. The molecule has 1 amide bonds. The van der Waals surface area contributed by atoms with Gasteiger partial charge in [0.15, 0.2) is 0 Å². The van der Waals surface area contributed by atoms with Crippen LogP contribution in [0.4, 0.5) is 4.79 Å². The number of carbonyl (C=O) groups excluding carboxylic acids is 1. The van der Waals surface area contributed by atoms with Gasteiger partial charge in [0.1, 0.15) is 11.6 Å². The van der Waals surface area contributed by atoms with Crippen LogP contribution in [0.1, 0.15) is 52.0 Å². The van der Waals surface area contributed by atoms with Gasteiger partial charge in [0.25, 0.3) is 0 Å². The van der Waals surface area contributed by atoms with Crippen molar-refractivity contribution in [3.8, 4) is 11.6 Å². The van der Waals surface area contributed by atoms with Gasteiger partial charge in [-0.25, -0.2) is 14.8 Å². The molecule has 0 aliphatic carbocycles. The number of rotatable bonds is 2. The van der Waals surface area contributed by atoms with Crippen LogP contribution in [-0.2, 0) is 4.74 Å². The fourth-order valence-electron chi connectivity index (χ4n) is 2.60. The fraction of sp³-hybridized carbons (Fsp3) is 0.562. The number of hydrogen-bond donors (Lipinski definition) is 0. The first-order valence-electron chi connectivity index (χ1n) is 8.05. The van der Waals surface area contributed by atoms with Crippen molar-refractivity contribution in [1.29, 1.82) is 0 Å². The maximum Gasteiger partial charge on any atom is 0.410 e. The lowest BCUT2D eigenvalue weighted by Crippen LogP contribution is -2.42. The summed E-state index contributed by atoms with van der Waals surface area (Å²) in [5.74, 6) is 1.11. The summed E-state index contributed by atoms with van der Waals surface area (Å²) in [6, 6.07) is 1.44. The van der Waals surface area contributed by atoms with Crippen LogP contribution in [0.2, 0.25) is 0 Å². The number of piperidine rings is 1. The minimum Gasteiger partial charge on any atom is -0.444 e. The van der Waals surface area contributed by atoms with Crippen LogP contribution in [0.25, 0.3) is 11.6 Å². The van der Waals surface area contributed by atoms with E-state index in [0.717, 1.165) is 19.3 Å². The summed E-state index contributed by atoms with van der Waals surface area (Å²) in [4.78, 5) is 26.7. The van der Waals surface area contributed by atoms with Crippen molar-refractivity contribution >= 4 is 6.09 Å². The Balaban J connectivity index is 1.81. The van der Waals surface area contributed by atoms with Gasteiger partial charge in [-0.15, -0.1) is 0 Å². The highest BCUT2D eigenvalue weighted by atomic mass is 16.6. The van der Waals surface area contributed by atoms with E-state index in [0.29, 0.717) is 24.1 Å². The van der Waals surface area contributed by atoms with Gasteiger partial charge in [-0.2, -0.15) is 4.98 Å². The van der Waals surface area contributed by atoms with Crippen LogP contribution >= 0.6 is 0 Å².